The number of hydrogen-bond acceptors (Lipinski definition) is 7. The van der Waals surface area contributed by atoms with Crippen molar-refractivity contribution in [3.8, 4) is 17.2 Å². The summed E-state index contributed by atoms with van der Waals surface area (Å²) in [5.74, 6) is 1.12. The fraction of sp³-hybridized carbons (Fsp3) is 0.316. The van der Waals surface area contributed by atoms with E-state index >= 15 is 0 Å². The van der Waals surface area contributed by atoms with Gasteiger partial charge in [-0.05, 0) is 35.9 Å². The Kier molecular flexibility index (Phi) is 6.05. The van der Waals surface area contributed by atoms with Crippen molar-refractivity contribution in [1.29, 1.82) is 0 Å². The Morgan fingerprint density at radius 3 is 2.68 bits per heavy atom. The molecule has 0 radical (unpaired) electrons. The predicted molar refractivity (Wildman–Crippen MR) is 101 cm³/mol. The molecule has 1 amide bonds. The van der Waals surface area contributed by atoms with Crippen LogP contribution < -0.4 is 13.7 Å². The van der Waals surface area contributed by atoms with E-state index in [4.69, 9.17) is 18.4 Å². The van der Waals surface area contributed by atoms with E-state index in [9.17, 15) is 13.2 Å². The molecule has 0 aliphatic carbocycles. The SMILES string of the molecule is COCCN(Cc1cccc(OS(C)(=O)=O)c1)C(=O)c1ccc2c(c1)OCO2. The number of rotatable bonds is 8. The smallest absolute Gasteiger partial charge is 0.306 e. The lowest BCUT2D eigenvalue weighted by atomic mass is 10.1. The zero-order valence-electron chi connectivity index (χ0n) is 15.6. The molecule has 0 atom stereocenters. The summed E-state index contributed by atoms with van der Waals surface area (Å²) in [6.07, 6.45) is 0.980. The van der Waals surface area contributed by atoms with Crippen LogP contribution in [-0.4, -0.2) is 52.5 Å². The van der Waals surface area contributed by atoms with Crippen molar-refractivity contribution < 1.29 is 31.6 Å². The second-order valence-electron chi connectivity index (χ2n) is 6.22. The summed E-state index contributed by atoms with van der Waals surface area (Å²) in [5.41, 5.74) is 1.19. The Balaban J connectivity index is 1.80. The lowest BCUT2D eigenvalue weighted by molar-refractivity contribution is 0.0680. The number of fused-ring (bicyclic) bond motifs is 1. The minimum absolute atomic E-state index is 0.132. The van der Waals surface area contributed by atoms with Crippen molar-refractivity contribution >= 4 is 16.0 Å². The van der Waals surface area contributed by atoms with Gasteiger partial charge in [0.1, 0.15) is 5.75 Å². The summed E-state index contributed by atoms with van der Waals surface area (Å²) >= 11 is 0. The van der Waals surface area contributed by atoms with Crippen LogP contribution in [0, 0.1) is 0 Å². The molecule has 28 heavy (non-hydrogen) atoms. The van der Waals surface area contributed by atoms with Gasteiger partial charge in [0.25, 0.3) is 5.91 Å². The van der Waals surface area contributed by atoms with Crippen LogP contribution in [0.4, 0.5) is 0 Å². The quantitative estimate of drug-likeness (QED) is 0.619. The van der Waals surface area contributed by atoms with Crippen LogP contribution in [0.5, 0.6) is 17.2 Å². The molecule has 150 valence electrons. The lowest BCUT2D eigenvalue weighted by Crippen LogP contribution is -2.33. The van der Waals surface area contributed by atoms with Crippen molar-refractivity contribution in [2.45, 2.75) is 6.54 Å². The third-order valence-corrected chi connectivity index (χ3v) is 4.49. The molecule has 2 aromatic carbocycles. The molecule has 2 aromatic rings. The molecule has 0 saturated heterocycles. The molecule has 0 spiro atoms. The maximum absolute atomic E-state index is 13.0. The number of hydrogen-bond donors (Lipinski definition) is 0. The van der Waals surface area contributed by atoms with Gasteiger partial charge in [0.15, 0.2) is 11.5 Å². The Morgan fingerprint density at radius 1 is 1.14 bits per heavy atom. The molecule has 0 bridgehead atoms. The summed E-state index contributed by atoms with van der Waals surface area (Å²) in [5, 5.41) is 0. The number of carbonyl (C=O) groups excluding carboxylic acids is 1. The molecule has 1 aliphatic rings. The molecule has 9 heteroatoms. The third-order valence-electron chi connectivity index (χ3n) is 3.99. The summed E-state index contributed by atoms with van der Waals surface area (Å²) < 4.78 is 43.3. The van der Waals surface area contributed by atoms with Crippen LogP contribution in [-0.2, 0) is 21.4 Å². The molecule has 0 N–H and O–H groups in total. The number of amides is 1. The number of carbonyl (C=O) groups is 1. The molecule has 0 saturated carbocycles. The molecule has 0 fully saturated rings. The number of nitrogens with zero attached hydrogens (tertiary/aromatic N) is 1. The van der Waals surface area contributed by atoms with Gasteiger partial charge in [-0.15, -0.1) is 0 Å². The molecular weight excluding hydrogens is 386 g/mol. The van der Waals surface area contributed by atoms with E-state index in [1.165, 1.54) is 0 Å². The van der Waals surface area contributed by atoms with Crippen molar-refractivity contribution in [2.24, 2.45) is 0 Å². The number of benzene rings is 2. The zero-order chi connectivity index (χ0) is 20.1. The van der Waals surface area contributed by atoms with Crippen LogP contribution in [0.15, 0.2) is 42.5 Å². The Bertz CT molecular complexity index is 959. The molecule has 1 heterocycles. The first kappa shape index (κ1) is 20.0. The topological polar surface area (TPSA) is 91.4 Å². The minimum atomic E-state index is -3.63. The van der Waals surface area contributed by atoms with Gasteiger partial charge >= 0.3 is 10.1 Å². The van der Waals surface area contributed by atoms with Crippen molar-refractivity contribution in [1.82, 2.24) is 4.90 Å². The molecule has 0 aromatic heterocycles. The van der Waals surface area contributed by atoms with Gasteiger partial charge in [-0.1, -0.05) is 12.1 Å². The highest BCUT2D eigenvalue weighted by Gasteiger charge is 2.21. The van der Waals surface area contributed by atoms with Gasteiger partial charge in [-0.3, -0.25) is 4.79 Å². The van der Waals surface area contributed by atoms with Crippen LogP contribution in [0.3, 0.4) is 0 Å². The molecule has 0 unspecified atom stereocenters. The second kappa shape index (κ2) is 8.49. The first-order valence-electron chi connectivity index (χ1n) is 8.52. The molecule has 3 rings (SSSR count). The Hall–Kier alpha value is -2.78. The van der Waals surface area contributed by atoms with E-state index in [1.807, 2.05) is 0 Å². The number of ether oxygens (including phenoxy) is 3. The highest BCUT2D eigenvalue weighted by molar-refractivity contribution is 7.86. The van der Waals surface area contributed by atoms with Crippen molar-refractivity contribution in [2.75, 3.05) is 33.3 Å². The summed E-state index contributed by atoms with van der Waals surface area (Å²) in [6, 6.07) is 11.6. The zero-order valence-corrected chi connectivity index (χ0v) is 16.4. The highest BCUT2D eigenvalue weighted by atomic mass is 32.2. The van der Waals surface area contributed by atoms with Gasteiger partial charge in [0.2, 0.25) is 6.79 Å². The Morgan fingerprint density at radius 2 is 1.93 bits per heavy atom. The molecule has 8 nitrogen and oxygen atoms in total. The van der Waals surface area contributed by atoms with E-state index < -0.39 is 10.1 Å². The van der Waals surface area contributed by atoms with Gasteiger partial charge in [0.05, 0.1) is 12.9 Å². The van der Waals surface area contributed by atoms with E-state index in [0.717, 1.165) is 11.8 Å². The maximum Gasteiger partial charge on any atom is 0.306 e. The first-order valence-corrected chi connectivity index (χ1v) is 10.3. The normalized spacial score (nSPS) is 12.6. The average molecular weight is 407 g/mol. The maximum atomic E-state index is 13.0. The Labute approximate surface area is 163 Å². The highest BCUT2D eigenvalue weighted by Crippen LogP contribution is 2.33. The van der Waals surface area contributed by atoms with Crippen molar-refractivity contribution in [3.63, 3.8) is 0 Å². The fourth-order valence-corrected chi connectivity index (χ4v) is 3.21. The predicted octanol–water partition coefficient (Wildman–Crippen LogP) is 2.04. The largest absolute Gasteiger partial charge is 0.454 e. The second-order valence-corrected chi connectivity index (χ2v) is 7.80. The summed E-state index contributed by atoms with van der Waals surface area (Å²) in [4.78, 5) is 14.6. The number of methoxy groups -OCH3 is 1. The fourth-order valence-electron chi connectivity index (χ4n) is 2.76. The van der Waals surface area contributed by atoms with Crippen molar-refractivity contribution in [3.05, 3.63) is 53.6 Å². The first-order chi connectivity index (χ1) is 13.4. The standard InChI is InChI=1S/C19H21NO7S/c1-24-9-8-20(12-14-4-3-5-16(10-14)27-28(2,22)23)19(21)15-6-7-17-18(11-15)26-13-25-17/h3-7,10-11H,8-9,12-13H2,1-2H3. The van der Waals surface area contributed by atoms with Gasteiger partial charge in [0, 0.05) is 25.8 Å². The van der Waals surface area contributed by atoms with Crippen LogP contribution >= 0.6 is 0 Å². The third kappa shape index (κ3) is 5.14. The van der Waals surface area contributed by atoms with Gasteiger partial charge in [-0.2, -0.15) is 8.42 Å². The van der Waals surface area contributed by atoms with E-state index in [2.05, 4.69) is 0 Å². The summed E-state index contributed by atoms with van der Waals surface area (Å²) in [6.45, 7) is 1.11. The van der Waals surface area contributed by atoms with Crippen LogP contribution in [0.1, 0.15) is 15.9 Å². The van der Waals surface area contributed by atoms with Gasteiger partial charge in [-0.25, -0.2) is 0 Å². The molecule has 1 aliphatic heterocycles. The lowest BCUT2D eigenvalue weighted by Gasteiger charge is -2.23. The average Bonchev–Trinajstić information content (AvgIpc) is 3.11. The van der Waals surface area contributed by atoms with Crippen LogP contribution in [0.2, 0.25) is 0 Å². The van der Waals surface area contributed by atoms with Crippen LogP contribution in [0.25, 0.3) is 0 Å². The molecular formula is C19H21NO7S. The van der Waals surface area contributed by atoms with E-state index in [1.54, 1.807) is 54.5 Å². The minimum Gasteiger partial charge on any atom is -0.454 e. The monoisotopic (exact) mass is 407 g/mol. The van der Waals surface area contributed by atoms with Gasteiger partial charge < -0.3 is 23.3 Å². The summed E-state index contributed by atoms with van der Waals surface area (Å²) in [7, 11) is -2.07. The van der Waals surface area contributed by atoms with E-state index in [0.29, 0.717) is 30.2 Å². The van der Waals surface area contributed by atoms with E-state index in [-0.39, 0.29) is 25.0 Å².